The van der Waals surface area contributed by atoms with Crippen LogP contribution in [0, 0.1) is 0 Å². The van der Waals surface area contributed by atoms with E-state index in [4.69, 9.17) is 0 Å². The van der Waals surface area contributed by atoms with E-state index in [0.717, 1.165) is 19.4 Å². The quantitative estimate of drug-likeness (QED) is 0.516. The average Bonchev–Trinajstić information content (AvgIpc) is 2.77. The van der Waals surface area contributed by atoms with Crippen LogP contribution in [0.2, 0.25) is 0 Å². The van der Waals surface area contributed by atoms with E-state index in [1.165, 1.54) is 7.11 Å². The van der Waals surface area contributed by atoms with Crippen molar-refractivity contribution in [2.24, 2.45) is 0 Å². The van der Waals surface area contributed by atoms with Crippen LogP contribution in [0.3, 0.4) is 0 Å². The minimum Gasteiger partial charge on any atom is -0.469 e. The lowest BCUT2D eigenvalue weighted by molar-refractivity contribution is -0.142. The monoisotopic (exact) mass is 256 g/mol. The maximum absolute atomic E-state index is 11.3. The minimum absolute atomic E-state index is 0.104. The van der Waals surface area contributed by atoms with Gasteiger partial charge in [0.15, 0.2) is 0 Å². The first-order chi connectivity index (χ1) is 8.63. The third-order valence-corrected chi connectivity index (χ3v) is 2.88. The summed E-state index contributed by atoms with van der Waals surface area (Å²) >= 11 is 0. The van der Waals surface area contributed by atoms with Gasteiger partial charge in [-0.25, -0.2) is 0 Å². The van der Waals surface area contributed by atoms with Crippen LogP contribution in [0.4, 0.5) is 0 Å². The van der Waals surface area contributed by atoms with E-state index in [0.29, 0.717) is 19.5 Å². The molecule has 0 aromatic carbocycles. The van der Waals surface area contributed by atoms with Gasteiger partial charge in [-0.3, -0.25) is 14.4 Å². The van der Waals surface area contributed by atoms with Crippen LogP contribution in [-0.4, -0.2) is 49.4 Å². The van der Waals surface area contributed by atoms with E-state index in [-0.39, 0.29) is 30.6 Å². The van der Waals surface area contributed by atoms with Crippen molar-refractivity contribution in [2.45, 2.75) is 32.1 Å². The molecule has 0 atom stereocenters. The van der Waals surface area contributed by atoms with Gasteiger partial charge >= 0.3 is 5.97 Å². The lowest BCUT2D eigenvalue weighted by Crippen LogP contribution is -2.30. The van der Waals surface area contributed by atoms with Crippen LogP contribution in [0.5, 0.6) is 0 Å². The van der Waals surface area contributed by atoms with Crippen molar-refractivity contribution in [2.75, 3.05) is 26.7 Å². The highest BCUT2D eigenvalue weighted by Crippen LogP contribution is 2.09. The van der Waals surface area contributed by atoms with Crippen molar-refractivity contribution in [1.82, 2.24) is 10.2 Å². The second-order valence-corrected chi connectivity index (χ2v) is 4.26. The second-order valence-electron chi connectivity index (χ2n) is 4.26. The molecule has 0 bridgehead atoms. The van der Waals surface area contributed by atoms with Crippen LogP contribution in [0.15, 0.2) is 0 Å². The van der Waals surface area contributed by atoms with E-state index in [2.05, 4.69) is 10.1 Å². The molecule has 1 saturated heterocycles. The number of likely N-dealkylation sites (tertiary alicyclic amines) is 1. The average molecular weight is 256 g/mol. The standard InChI is InChI=1S/C12H20N2O4/c1-18-12(17)6-5-10(15)13-7-3-9-14-8-2-4-11(14)16/h2-9H2,1H3,(H,13,15). The fourth-order valence-corrected chi connectivity index (χ4v) is 1.84. The van der Waals surface area contributed by atoms with Crippen molar-refractivity contribution in [3.05, 3.63) is 0 Å². The molecule has 1 heterocycles. The topological polar surface area (TPSA) is 75.7 Å². The number of carbonyl (C=O) groups excluding carboxylic acids is 3. The van der Waals surface area contributed by atoms with Crippen molar-refractivity contribution in [1.29, 1.82) is 0 Å². The SMILES string of the molecule is COC(=O)CCC(=O)NCCCN1CCCC1=O. The highest BCUT2D eigenvalue weighted by molar-refractivity contribution is 5.81. The van der Waals surface area contributed by atoms with Gasteiger partial charge in [-0.15, -0.1) is 0 Å². The lowest BCUT2D eigenvalue weighted by atomic mass is 10.3. The largest absolute Gasteiger partial charge is 0.469 e. The highest BCUT2D eigenvalue weighted by Gasteiger charge is 2.18. The first-order valence-electron chi connectivity index (χ1n) is 6.25. The number of hydrogen-bond donors (Lipinski definition) is 1. The Bertz CT molecular complexity index is 317. The number of methoxy groups -OCH3 is 1. The summed E-state index contributed by atoms with van der Waals surface area (Å²) in [6.07, 6.45) is 2.58. The Morgan fingerprint density at radius 3 is 2.78 bits per heavy atom. The van der Waals surface area contributed by atoms with Gasteiger partial charge in [0.05, 0.1) is 13.5 Å². The molecule has 18 heavy (non-hydrogen) atoms. The summed E-state index contributed by atoms with van der Waals surface area (Å²) in [5.74, 6) is -0.340. The van der Waals surface area contributed by atoms with E-state index in [1.807, 2.05) is 4.90 Å². The summed E-state index contributed by atoms with van der Waals surface area (Å²) in [7, 11) is 1.30. The molecule has 0 aliphatic carbocycles. The zero-order chi connectivity index (χ0) is 13.4. The van der Waals surface area contributed by atoms with Gasteiger partial charge in [0.2, 0.25) is 11.8 Å². The number of nitrogens with one attached hydrogen (secondary N) is 1. The van der Waals surface area contributed by atoms with Gasteiger partial charge in [0, 0.05) is 32.5 Å². The van der Waals surface area contributed by atoms with Crippen LogP contribution < -0.4 is 5.32 Å². The number of nitrogens with zero attached hydrogens (tertiary/aromatic N) is 1. The van der Waals surface area contributed by atoms with Crippen LogP contribution in [0.1, 0.15) is 32.1 Å². The molecule has 6 nitrogen and oxygen atoms in total. The molecule has 1 N–H and O–H groups in total. The lowest BCUT2D eigenvalue weighted by Gasteiger charge is -2.15. The molecular formula is C12H20N2O4. The third-order valence-electron chi connectivity index (χ3n) is 2.88. The van der Waals surface area contributed by atoms with E-state index in [9.17, 15) is 14.4 Å². The molecule has 102 valence electrons. The zero-order valence-electron chi connectivity index (χ0n) is 10.7. The number of rotatable bonds is 7. The van der Waals surface area contributed by atoms with Crippen molar-refractivity contribution in [3.8, 4) is 0 Å². The van der Waals surface area contributed by atoms with Gasteiger partial charge in [0.1, 0.15) is 0 Å². The molecule has 2 amide bonds. The Morgan fingerprint density at radius 1 is 1.39 bits per heavy atom. The first kappa shape index (κ1) is 14.5. The first-order valence-corrected chi connectivity index (χ1v) is 6.25. The van der Waals surface area contributed by atoms with Crippen molar-refractivity contribution < 1.29 is 19.1 Å². The van der Waals surface area contributed by atoms with Gasteiger partial charge in [-0.1, -0.05) is 0 Å². The Morgan fingerprint density at radius 2 is 2.17 bits per heavy atom. The molecule has 1 aliphatic heterocycles. The van der Waals surface area contributed by atoms with Gasteiger partial charge in [-0.2, -0.15) is 0 Å². The van der Waals surface area contributed by atoms with Gasteiger partial charge in [-0.05, 0) is 12.8 Å². The molecular weight excluding hydrogens is 236 g/mol. The molecule has 1 rings (SSSR count). The number of carbonyl (C=O) groups is 3. The summed E-state index contributed by atoms with van der Waals surface area (Å²) in [5.41, 5.74) is 0. The van der Waals surface area contributed by atoms with E-state index < -0.39 is 0 Å². The van der Waals surface area contributed by atoms with E-state index >= 15 is 0 Å². The number of hydrogen-bond acceptors (Lipinski definition) is 4. The van der Waals surface area contributed by atoms with Gasteiger partial charge in [0.25, 0.3) is 0 Å². The molecule has 6 heteroatoms. The second kappa shape index (κ2) is 7.68. The molecule has 0 aromatic heterocycles. The molecule has 0 aromatic rings. The van der Waals surface area contributed by atoms with Crippen LogP contribution in [-0.2, 0) is 19.1 Å². The van der Waals surface area contributed by atoms with Gasteiger partial charge < -0.3 is 15.0 Å². The van der Waals surface area contributed by atoms with Crippen LogP contribution >= 0.6 is 0 Å². The maximum Gasteiger partial charge on any atom is 0.306 e. The Balaban J connectivity index is 2.01. The zero-order valence-corrected chi connectivity index (χ0v) is 10.7. The summed E-state index contributed by atoms with van der Waals surface area (Å²) < 4.78 is 4.44. The minimum atomic E-state index is -0.382. The predicted octanol–water partition coefficient (Wildman–Crippen LogP) is 0.0683. The molecule has 1 fully saturated rings. The van der Waals surface area contributed by atoms with Crippen LogP contribution in [0.25, 0.3) is 0 Å². The predicted molar refractivity (Wildman–Crippen MR) is 64.7 cm³/mol. The van der Waals surface area contributed by atoms with E-state index in [1.54, 1.807) is 0 Å². The fourth-order valence-electron chi connectivity index (χ4n) is 1.84. The highest BCUT2D eigenvalue weighted by atomic mass is 16.5. The Hall–Kier alpha value is -1.59. The number of ether oxygens (including phenoxy) is 1. The van der Waals surface area contributed by atoms with Crippen molar-refractivity contribution >= 4 is 17.8 Å². The maximum atomic E-state index is 11.3. The summed E-state index contributed by atoms with van der Waals surface area (Å²) in [6.45, 7) is 2.05. The molecule has 0 saturated carbocycles. The summed E-state index contributed by atoms with van der Waals surface area (Å²) in [6, 6.07) is 0. The normalized spacial score (nSPS) is 14.7. The summed E-state index contributed by atoms with van der Waals surface area (Å²) in [4.78, 5) is 35.3. The Labute approximate surface area is 107 Å². The summed E-state index contributed by atoms with van der Waals surface area (Å²) in [5, 5.41) is 2.72. The molecule has 0 radical (unpaired) electrons. The molecule has 0 unspecified atom stereocenters. The third kappa shape index (κ3) is 5.16. The van der Waals surface area contributed by atoms with Crippen molar-refractivity contribution in [3.63, 3.8) is 0 Å². The Kier molecular flexibility index (Phi) is 6.18. The smallest absolute Gasteiger partial charge is 0.306 e. The number of esters is 1. The molecule has 1 aliphatic rings. The fraction of sp³-hybridized carbons (Fsp3) is 0.750. The molecule has 0 spiro atoms. The number of amides is 2.